The van der Waals surface area contributed by atoms with Gasteiger partial charge in [-0.3, -0.25) is 0 Å². The van der Waals surface area contributed by atoms with Gasteiger partial charge < -0.3 is 19.7 Å². The highest BCUT2D eigenvalue weighted by Gasteiger charge is 2.63. The summed E-state index contributed by atoms with van der Waals surface area (Å²) in [5.74, 6) is -1.29. The number of alkyl carbamates (subject to hydrolysis) is 1. The Kier molecular flexibility index (Phi) is 2.90. The minimum Gasteiger partial charge on any atom is -0.479 e. The fourth-order valence-corrected chi connectivity index (χ4v) is 2.95. The van der Waals surface area contributed by atoms with E-state index in [9.17, 15) is 14.7 Å². The molecule has 0 saturated heterocycles. The Labute approximate surface area is 121 Å². The standard InChI is InChI=1S/C15H16N2O4/c1-17-8-10(9-5-3-4-6-12(9)17)11-7-15(11,13(18)19)16-14(20)21-2/h3-6,8,11H,7H2,1-2H3,(H,16,20)(H,18,19)/t11-,15?/m0/s1. The van der Waals surface area contributed by atoms with Gasteiger partial charge in [-0.25, -0.2) is 9.59 Å². The van der Waals surface area contributed by atoms with E-state index in [4.69, 9.17) is 0 Å². The average molecular weight is 288 g/mol. The van der Waals surface area contributed by atoms with Crippen LogP contribution in [-0.4, -0.2) is 34.4 Å². The predicted molar refractivity (Wildman–Crippen MR) is 76.2 cm³/mol. The summed E-state index contributed by atoms with van der Waals surface area (Å²) in [4.78, 5) is 23.0. The molecule has 3 rings (SSSR count). The third-order valence-electron chi connectivity index (χ3n) is 4.16. The van der Waals surface area contributed by atoms with Gasteiger partial charge in [0.2, 0.25) is 0 Å². The zero-order valence-electron chi connectivity index (χ0n) is 11.8. The number of aromatic nitrogens is 1. The van der Waals surface area contributed by atoms with Gasteiger partial charge in [0.15, 0.2) is 0 Å². The molecule has 1 saturated carbocycles. The number of carbonyl (C=O) groups is 2. The molecule has 2 aromatic rings. The van der Waals surface area contributed by atoms with Gasteiger partial charge in [-0.15, -0.1) is 0 Å². The summed E-state index contributed by atoms with van der Waals surface area (Å²) in [5, 5.41) is 13.0. The molecule has 6 heteroatoms. The fourth-order valence-electron chi connectivity index (χ4n) is 2.95. The maximum atomic E-state index is 11.6. The largest absolute Gasteiger partial charge is 0.479 e. The van der Waals surface area contributed by atoms with Crippen molar-refractivity contribution >= 4 is 23.0 Å². The van der Waals surface area contributed by atoms with Gasteiger partial charge in [0.05, 0.1) is 7.11 Å². The molecule has 0 aliphatic heterocycles. The lowest BCUT2D eigenvalue weighted by molar-refractivity contribution is -0.140. The number of carbonyl (C=O) groups excluding carboxylic acids is 1. The van der Waals surface area contributed by atoms with Crippen molar-refractivity contribution in [1.82, 2.24) is 9.88 Å². The molecular weight excluding hydrogens is 272 g/mol. The maximum absolute atomic E-state index is 11.6. The number of rotatable bonds is 3. The van der Waals surface area contributed by atoms with Crippen molar-refractivity contribution in [1.29, 1.82) is 0 Å². The first kappa shape index (κ1) is 13.5. The Balaban J connectivity index is 2.01. The van der Waals surface area contributed by atoms with E-state index in [2.05, 4.69) is 10.1 Å². The topological polar surface area (TPSA) is 80.6 Å². The van der Waals surface area contributed by atoms with Crippen LogP contribution in [0.15, 0.2) is 30.5 Å². The molecule has 1 aliphatic rings. The third-order valence-corrected chi connectivity index (χ3v) is 4.16. The Morgan fingerprint density at radius 3 is 2.81 bits per heavy atom. The summed E-state index contributed by atoms with van der Waals surface area (Å²) in [6.07, 6.45) is 1.57. The SMILES string of the molecule is COC(=O)NC1(C(=O)O)C[C@H]1c1cn(C)c2ccccc12. The zero-order chi connectivity index (χ0) is 15.2. The quantitative estimate of drug-likeness (QED) is 0.903. The van der Waals surface area contributed by atoms with Gasteiger partial charge in [0.25, 0.3) is 0 Å². The first-order chi connectivity index (χ1) is 9.99. The molecule has 0 spiro atoms. The van der Waals surface area contributed by atoms with Crippen LogP contribution in [0.2, 0.25) is 0 Å². The highest BCUT2D eigenvalue weighted by atomic mass is 16.5. The summed E-state index contributed by atoms with van der Waals surface area (Å²) < 4.78 is 6.50. The van der Waals surface area contributed by atoms with E-state index in [0.717, 1.165) is 16.5 Å². The van der Waals surface area contributed by atoms with E-state index in [1.165, 1.54) is 7.11 Å². The number of para-hydroxylation sites is 1. The molecule has 1 amide bonds. The van der Waals surface area contributed by atoms with Crippen LogP contribution >= 0.6 is 0 Å². The predicted octanol–water partition coefficient (Wildman–Crippen LogP) is 1.84. The number of carboxylic acids is 1. The van der Waals surface area contributed by atoms with Crippen LogP contribution in [-0.2, 0) is 16.6 Å². The molecule has 1 aromatic carbocycles. The minimum absolute atomic E-state index is 0.250. The van der Waals surface area contributed by atoms with Crippen LogP contribution in [0.5, 0.6) is 0 Å². The molecule has 1 aromatic heterocycles. The normalized spacial score (nSPS) is 23.8. The molecule has 1 aliphatic carbocycles. The fraction of sp³-hybridized carbons (Fsp3) is 0.333. The highest BCUT2D eigenvalue weighted by molar-refractivity contribution is 5.93. The van der Waals surface area contributed by atoms with Gasteiger partial charge in [-0.2, -0.15) is 0 Å². The van der Waals surface area contributed by atoms with Crippen molar-refractivity contribution < 1.29 is 19.4 Å². The van der Waals surface area contributed by atoms with Crippen molar-refractivity contribution in [3.63, 3.8) is 0 Å². The van der Waals surface area contributed by atoms with Crippen LogP contribution in [0, 0.1) is 0 Å². The van der Waals surface area contributed by atoms with Gasteiger partial charge in [0, 0.05) is 30.1 Å². The molecule has 1 fully saturated rings. The van der Waals surface area contributed by atoms with Crippen molar-refractivity contribution in [2.24, 2.45) is 7.05 Å². The lowest BCUT2D eigenvalue weighted by Crippen LogP contribution is -2.44. The number of aliphatic carboxylic acids is 1. The summed E-state index contributed by atoms with van der Waals surface area (Å²) >= 11 is 0. The Morgan fingerprint density at radius 2 is 2.14 bits per heavy atom. The molecular formula is C15H16N2O4. The number of methoxy groups -OCH3 is 1. The van der Waals surface area contributed by atoms with Crippen LogP contribution in [0.1, 0.15) is 17.9 Å². The van der Waals surface area contributed by atoms with Crippen molar-refractivity contribution in [2.75, 3.05) is 7.11 Å². The first-order valence-electron chi connectivity index (χ1n) is 6.63. The number of hydrogen-bond donors (Lipinski definition) is 2. The number of benzene rings is 1. The molecule has 2 atom stereocenters. The second kappa shape index (κ2) is 4.51. The molecule has 6 nitrogen and oxygen atoms in total. The summed E-state index contributed by atoms with van der Waals surface area (Å²) in [5.41, 5.74) is 0.709. The molecule has 1 unspecified atom stereocenters. The number of aryl methyl sites for hydroxylation is 1. The zero-order valence-corrected chi connectivity index (χ0v) is 11.8. The first-order valence-corrected chi connectivity index (χ1v) is 6.63. The molecule has 0 radical (unpaired) electrons. The molecule has 21 heavy (non-hydrogen) atoms. The van der Waals surface area contributed by atoms with Gasteiger partial charge >= 0.3 is 12.1 Å². The second-order valence-electron chi connectivity index (χ2n) is 5.36. The van der Waals surface area contributed by atoms with Gasteiger partial charge in [-0.1, -0.05) is 18.2 Å². The summed E-state index contributed by atoms with van der Waals surface area (Å²) in [6.45, 7) is 0. The van der Waals surface area contributed by atoms with Crippen molar-refractivity contribution in [3.05, 3.63) is 36.0 Å². The molecule has 1 heterocycles. The Bertz CT molecular complexity index is 736. The van der Waals surface area contributed by atoms with E-state index in [-0.39, 0.29) is 5.92 Å². The van der Waals surface area contributed by atoms with Gasteiger partial charge in [0.1, 0.15) is 5.54 Å². The minimum atomic E-state index is -1.27. The third kappa shape index (κ3) is 1.94. The van der Waals surface area contributed by atoms with E-state index < -0.39 is 17.6 Å². The van der Waals surface area contributed by atoms with Crippen molar-refractivity contribution in [2.45, 2.75) is 17.9 Å². The van der Waals surface area contributed by atoms with Crippen LogP contribution in [0.3, 0.4) is 0 Å². The smallest absolute Gasteiger partial charge is 0.407 e. The number of ether oxygens (including phenoxy) is 1. The molecule has 110 valence electrons. The van der Waals surface area contributed by atoms with Crippen LogP contribution in [0.4, 0.5) is 4.79 Å². The number of amides is 1. The maximum Gasteiger partial charge on any atom is 0.407 e. The lowest BCUT2D eigenvalue weighted by Gasteiger charge is -2.13. The van der Waals surface area contributed by atoms with E-state index >= 15 is 0 Å². The van der Waals surface area contributed by atoms with E-state index in [1.807, 2.05) is 42.1 Å². The number of fused-ring (bicyclic) bond motifs is 1. The monoisotopic (exact) mass is 288 g/mol. The molecule has 0 bridgehead atoms. The summed E-state index contributed by atoms with van der Waals surface area (Å²) in [7, 11) is 3.14. The van der Waals surface area contributed by atoms with E-state index in [1.54, 1.807) is 0 Å². The van der Waals surface area contributed by atoms with Crippen LogP contribution in [0.25, 0.3) is 10.9 Å². The highest BCUT2D eigenvalue weighted by Crippen LogP contribution is 2.53. The Morgan fingerprint density at radius 1 is 1.43 bits per heavy atom. The second-order valence-corrected chi connectivity index (χ2v) is 5.36. The number of hydrogen-bond acceptors (Lipinski definition) is 3. The molecule has 2 N–H and O–H groups in total. The van der Waals surface area contributed by atoms with Crippen molar-refractivity contribution in [3.8, 4) is 0 Å². The number of carboxylic acid groups (broad SMARTS) is 1. The lowest BCUT2D eigenvalue weighted by atomic mass is 10.1. The average Bonchev–Trinajstić information content (AvgIpc) is 3.10. The Hall–Kier alpha value is -2.50. The van der Waals surface area contributed by atoms with Gasteiger partial charge in [-0.05, 0) is 18.1 Å². The summed E-state index contributed by atoms with van der Waals surface area (Å²) in [6, 6.07) is 7.81. The van der Waals surface area contributed by atoms with E-state index in [0.29, 0.717) is 6.42 Å². The number of nitrogens with one attached hydrogen (secondary N) is 1. The van der Waals surface area contributed by atoms with Crippen LogP contribution < -0.4 is 5.32 Å². The number of nitrogens with zero attached hydrogens (tertiary/aromatic N) is 1.